The van der Waals surface area contributed by atoms with Gasteiger partial charge in [-0.25, -0.2) is 9.97 Å². The Kier molecular flexibility index (Phi) is 6.33. The Morgan fingerprint density at radius 3 is 2.65 bits per heavy atom. The van der Waals surface area contributed by atoms with Crippen molar-refractivity contribution in [3.63, 3.8) is 0 Å². The van der Waals surface area contributed by atoms with Gasteiger partial charge in [-0.15, -0.1) is 0 Å². The molecule has 1 fully saturated rings. The Morgan fingerprint density at radius 2 is 2.04 bits per heavy atom. The number of likely N-dealkylation sites (tertiary alicyclic amines) is 1. The van der Waals surface area contributed by atoms with Crippen LogP contribution in [0.15, 0.2) is 6.20 Å². The van der Waals surface area contributed by atoms with Crippen molar-refractivity contribution in [3.05, 3.63) is 17.6 Å². The van der Waals surface area contributed by atoms with Crippen LogP contribution in [0.5, 0.6) is 0 Å². The van der Waals surface area contributed by atoms with Crippen LogP contribution in [0.25, 0.3) is 0 Å². The first kappa shape index (κ1) is 17.7. The molecular formula is C17H29N5O. The van der Waals surface area contributed by atoms with Crippen LogP contribution in [0, 0.1) is 0 Å². The summed E-state index contributed by atoms with van der Waals surface area (Å²) in [5.41, 5.74) is 12.8. The van der Waals surface area contributed by atoms with Crippen molar-refractivity contribution in [2.45, 2.75) is 64.3 Å². The predicted octanol–water partition coefficient (Wildman–Crippen LogP) is 1.84. The van der Waals surface area contributed by atoms with Crippen LogP contribution < -0.4 is 11.5 Å². The molecule has 4 N–H and O–H groups in total. The lowest BCUT2D eigenvalue weighted by Gasteiger charge is -2.30. The maximum absolute atomic E-state index is 12.1. The van der Waals surface area contributed by atoms with Crippen molar-refractivity contribution in [1.29, 1.82) is 0 Å². The summed E-state index contributed by atoms with van der Waals surface area (Å²) < 4.78 is 0. The molecular weight excluding hydrogens is 290 g/mol. The monoisotopic (exact) mass is 319 g/mol. The maximum atomic E-state index is 12.1. The molecule has 0 radical (unpaired) electrons. The zero-order chi connectivity index (χ0) is 16.8. The van der Waals surface area contributed by atoms with Crippen LogP contribution >= 0.6 is 0 Å². The van der Waals surface area contributed by atoms with E-state index in [1.807, 2.05) is 24.9 Å². The topological polar surface area (TPSA) is 98.1 Å². The van der Waals surface area contributed by atoms with E-state index >= 15 is 0 Å². The number of amides is 1. The molecule has 0 bridgehead atoms. The molecule has 1 amide bonds. The highest BCUT2D eigenvalue weighted by Crippen LogP contribution is 2.16. The van der Waals surface area contributed by atoms with Crippen molar-refractivity contribution >= 4 is 11.7 Å². The molecule has 0 spiro atoms. The van der Waals surface area contributed by atoms with Crippen LogP contribution in [0.4, 0.5) is 5.82 Å². The van der Waals surface area contributed by atoms with Gasteiger partial charge in [0, 0.05) is 43.2 Å². The first-order valence-electron chi connectivity index (χ1n) is 8.62. The molecule has 2 rings (SSSR count). The second-order valence-electron chi connectivity index (χ2n) is 6.72. The Labute approximate surface area is 138 Å². The zero-order valence-electron chi connectivity index (χ0n) is 14.3. The average molecular weight is 319 g/mol. The van der Waals surface area contributed by atoms with Gasteiger partial charge in [-0.3, -0.25) is 4.79 Å². The van der Waals surface area contributed by atoms with Crippen LogP contribution in [0.2, 0.25) is 0 Å². The molecule has 1 aliphatic heterocycles. The number of aryl methyl sites for hydroxylation is 1. The number of hydrogen-bond donors (Lipinski definition) is 2. The number of rotatable bonds is 6. The van der Waals surface area contributed by atoms with Crippen molar-refractivity contribution < 1.29 is 4.79 Å². The zero-order valence-corrected chi connectivity index (χ0v) is 14.3. The van der Waals surface area contributed by atoms with Crippen LogP contribution in [0.1, 0.15) is 63.3 Å². The largest absolute Gasteiger partial charge is 0.383 e. The number of nitrogens with two attached hydrogens (primary N) is 2. The molecule has 6 nitrogen and oxygen atoms in total. The molecule has 128 valence electrons. The summed E-state index contributed by atoms with van der Waals surface area (Å²) in [5.74, 6) is 1.88. The van der Waals surface area contributed by atoms with Crippen LogP contribution in [-0.4, -0.2) is 39.9 Å². The van der Waals surface area contributed by atoms with Gasteiger partial charge in [0.15, 0.2) is 0 Å². The minimum Gasteiger partial charge on any atom is -0.383 e. The standard InChI is InChI=1S/C17H29N5O/c1-12(2)17-20-11-13(16(19)21-17)5-3-4-6-15(23)22-9-7-14(18)8-10-22/h11-12,14H,3-10,18H2,1-2H3,(H2,19,20,21). The fourth-order valence-electron chi connectivity index (χ4n) is 2.80. The number of aromatic nitrogens is 2. The predicted molar refractivity (Wildman–Crippen MR) is 91.9 cm³/mol. The fourth-order valence-corrected chi connectivity index (χ4v) is 2.80. The van der Waals surface area contributed by atoms with E-state index in [2.05, 4.69) is 9.97 Å². The third kappa shape index (κ3) is 5.16. The summed E-state index contributed by atoms with van der Waals surface area (Å²) in [7, 11) is 0. The van der Waals surface area contributed by atoms with Gasteiger partial charge in [-0.05, 0) is 32.1 Å². The number of unbranched alkanes of at least 4 members (excludes halogenated alkanes) is 1. The second-order valence-corrected chi connectivity index (χ2v) is 6.72. The molecule has 1 aromatic heterocycles. The Hall–Kier alpha value is -1.69. The first-order valence-corrected chi connectivity index (χ1v) is 8.62. The summed E-state index contributed by atoms with van der Waals surface area (Å²) in [6, 6.07) is 0.260. The van der Waals surface area contributed by atoms with Crippen LogP contribution in [-0.2, 0) is 11.2 Å². The van der Waals surface area contributed by atoms with Gasteiger partial charge in [-0.1, -0.05) is 13.8 Å². The molecule has 1 aliphatic rings. The van der Waals surface area contributed by atoms with Gasteiger partial charge >= 0.3 is 0 Å². The Balaban J connectivity index is 1.72. The quantitative estimate of drug-likeness (QED) is 0.780. The van der Waals surface area contributed by atoms with Gasteiger partial charge in [-0.2, -0.15) is 0 Å². The van der Waals surface area contributed by atoms with Crippen molar-refractivity contribution in [2.75, 3.05) is 18.8 Å². The molecule has 23 heavy (non-hydrogen) atoms. The average Bonchev–Trinajstić information content (AvgIpc) is 2.53. The van der Waals surface area contributed by atoms with E-state index in [-0.39, 0.29) is 17.9 Å². The van der Waals surface area contributed by atoms with Gasteiger partial charge in [0.1, 0.15) is 11.6 Å². The van der Waals surface area contributed by atoms with Crippen LogP contribution in [0.3, 0.4) is 0 Å². The summed E-state index contributed by atoms with van der Waals surface area (Å²) in [5, 5.41) is 0. The van der Waals surface area contributed by atoms with Gasteiger partial charge in [0.25, 0.3) is 0 Å². The third-order valence-corrected chi connectivity index (χ3v) is 4.41. The van der Waals surface area contributed by atoms with Gasteiger partial charge < -0.3 is 16.4 Å². The number of nitrogen functional groups attached to an aromatic ring is 1. The lowest BCUT2D eigenvalue weighted by Crippen LogP contribution is -2.42. The highest BCUT2D eigenvalue weighted by molar-refractivity contribution is 5.76. The molecule has 0 aromatic carbocycles. The Morgan fingerprint density at radius 1 is 1.35 bits per heavy atom. The summed E-state index contributed by atoms with van der Waals surface area (Å²) in [4.78, 5) is 22.8. The highest BCUT2D eigenvalue weighted by atomic mass is 16.2. The number of carbonyl (C=O) groups is 1. The van der Waals surface area contributed by atoms with Gasteiger partial charge in [0.05, 0.1) is 0 Å². The third-order valence-electron chi connectivity index (χ3n) is 4.41. The minimum absolute atomic E-state index is 0.247. The highest BCUT2D eigenvalue weighted by Gasteiger charge is 2.19. The normalized spacial score (nSPS) is 16.1. The van der Waals surface area contributed by atoms with E-state index in [0.29, 0.717) is 12.2 Å². The number of anilines is 1. The van der Waals surface area contributed by atoms with Gasteiger partial charge in [0.2, 0.25) is 5.91 Å². The Bertz CT molecular complexity index is 524. The molecule has 1 saturated heterocycles. The van der Waals surface area contributed by atoms with E-state index in [9.17, 15) is 4.79 Å². The first-order chi connectivity index (χ1) is 11.0. The number of nitrogens with zero attached hydrogens (tertiary/aromatic N) is 3. The number of hydrogen-bond acceptors (Lipinski definition) is 5. The van der Waals surface area contributed by atoms with E-state index in [0.717, 1.165) is 56.6 Å². The minimum atomic E-state index is 0.247. The maximum Gasteiger partial charge on any atom is 0.222 e. The van der Waals surface area contributed by atoms with E-state index in [1.165, 1.54) is 0 Å². The summed E-state index contributed by atoms with van der Waals surface area (Å²) >= 11 is 0. The summed E-state index contributed by atoms with van der Waals surface area (Å²) in [6.07, 6.45) is 6.87. The number of piperidine rings is 1. The summed E-state index contributed by atoms with van der Waals surface area (Å²) in [6.45, 7) is 5.70. The SMILES string of the molecule is CC(C)c1ncc(CCCCC(=O)N2CCC(N)CC2)c(N)n1. The smallest absolute Gasteiger partial charge is 0.222 e. The van der Waals surface area contributed by atoms with E-state index < -0.39 is 0 Å². The number of carbonyl (C=O) groups excluding carboxylic acids is 1. The van der Waals surface area contributed by atoms with Crippen molar-refractivity contribution in [2.24, 2.45) is 5.73 Å². The molecule has 0 atom stereocenters. The van der Waals surface area contributed by atoms with E-state index in [4.69, 9.17) is 11.5 Å². The lowest BCUT2D eigenvalue weighted by atomic mass is 10.0. The second kappa shape index (κ2) is 8.24. The molecule has 0 unspecified atom stereocenters. The molecule has 1 aromatic rings. The van der Waals surface area contributed by atoms with Crippen molar-refractivity contribution in [1.82, 2.24) is 14.9 Å². The molecule has 0 aliphatic carbocycles. The lowest BCUT2D eigenvalue weighted by molar-refractivity contribution is -0.132. The van der Waals surface area contributed by atoms with Crippen molar-refractivity contribution in [3.8, 4) is 0 Å². The molecule has 0 saturated carbocycles. The molecule has 6 heteroatoms. The van der Waals surface area contributed by atoms with E-state index in [1.54, 1.807) is 0 Å². The fraction of sp³-hybridized carbons (Fsp3) is 0.706. The molecule has 2 heterocycles.